The zero-order valence-electron chi connectivity index (χ0n) is 6.37. The summed E-state index contributed by atoms with van der Waals surface area (Å²) < 4.78 is 0. The topological polar surface area (TPSA) is 45.8 Å². The number of hydrogen-bond donors (Lipinski definition) is 1. The quantitative estimate of drug-likeness (QED) is 0.625. The summed E-state index contributed by atoms with van der Waals surface area (Å²) in [7, 11) is 0. The van der Waals surface area contributed by atoms with Gasteiger partial charge >= 0.3 is 0 Å². The molecule has 3 heteroatoms. The highest BCUT2D eigenvalue weighted by Gasteiger charge is 1.97. The smallest absolute Gasteiger partial charge is 0.258 e. The van der Waals surface area contributed by atoms with Crippen LogP contribution in [-0.2, 0) is 0 Å². The number of aromatic amines is 1. The van der Waals surface area contributed by atoms with Gasteiger partial charge in [0.2, 0.25) is 0 Å². The molecule has 0 bridgehead atoms. The van der Waals surface area contributed by atoms with Crippen molar-refractivity contribution in [3.05, 3.63) is 47.4 Å². The lowest BCUT2D eigenvalue weighted by Gasteiger charge is -1.95. The molecular formula is C9H7N2O. The molecule has 1 radical (unpaired) electrons. The third-order valence-electron chi connectivity index (χ3n) is 1.66. The van der Waals surface area contributed by atoms with E-state index in [2.05, 4.69) is 16.9 Å². The minimum absolute atomic E-state index is 0.134. The van der Waals surface area contributed by atoms with Gasteiger partial charge in [0.15, 0.2) is 0 Å². The molecule has 3 nitrogen and oxygen atoms in total. The van der Waals surface area contributed by atoms with Crippen LogP contribution in [0.2, 0.25) is 0 Å². The first kappa shape index (κ1) is 7.03. The molecular weight excluding hydrogens is 152 g/mol. The van der Waals surface area contributed by atoms with E-state index in [1.165, 1.54) is 0 Å². The summed E-state index contributed by atoms with van der Waals surface area (Å²) in [5, 5.41) is 0.602. The van der Waals surface area contributed by atoms with E-state index in [0.29, 0.717) is 16.7 Å². The second-order valence-corrected chi connectivity index (χ2v) is 2.53. The van der Waals surface area contributed by atoms with E-state index in [1.807, 2.05) is 12.1 Å². The normalized spacial score (nSPS) is 10.4. The maximum Gasteiger partial charge on any atom is 0.258 e. The molecule has 1 aromatic heterocycles. The van der Waals surface area contributed by atoms with Crippen molar-refractivity contribution in [1.82, 2.24) is 9.97 Å². The van der Waals surface area contributed by atoms with Gasteiger partial charge in [0.1, 0.15) is 5.82 Å². The summed E-state index contributed by atoms with van der Waals surface area (Å²) in [6.45, 7) is 3.56. The molecule has 0 aliphatic heterocycles. The predicted molar refractivity (Wildman–Crippen MR) is 46.8 cm³/mol. The molecule has 2 rings (SSSR count). The van der Waals surface area contributed by atoms with Gasteiger partial charge in [0.05, 0.1) is 10.9 Å². The maximum atomic E-state index is 11.3. The molecule has 0 atom stereocenters. The van der Waals surface area contributed by atoms with Crippen molar-refractivity contribution in [3.8, 4) is 0 Å². The Labute approximate surface area is 69.1 Å². The van der Waals surface area contributed by atoms with Crippen molar-refractivity contribution in [2.75, 3.05) is 0 Å². The van der Waals surface area contributed by atoms with Crippen molar-refractivity contribution >= 4 is 10.9 Å². The van der Waals surface area contributed by atoms with Crippen LogP contribution in [0.15, 0.2) is 29.1 Å². The number of rotatable bonds is 0. The van der Waals surface area contributed by atoms with Crippen LogP contribution in [-0.4, -0.2) is 9.97 Å². The average Bonchev–Trinajstić information content (AvgIpc) is 2.04. The standard InChI is InChI=1S/C9H7N2O/c1-6-10-8-5-3-2-4-7(8)9(12)11-6/h2-5H,1H2,(H,10,11,12). The summed E-state index contributed by atoms with van der Waals surface area (Å²) in [5.41, 5.74) is 0.553. The first-order chi connectivity index (χ1) is 5.77. The fraction of sp³-hybridized carbons (Fsp3) is 0. The molecule has 1 aromatic carbocycles. The Morgan fingerprint density at radius 1 is 1.33 bits per heavy atom. The monoisotopic (exact) mass is 159 g/mol. The molecule has 1 heterocycles. The predicted octanol–water partition coefficient (Wildman–Crippen LogP) is 1.11. The number of benzene rings is 1. The summed E-state index contributed by atoms with van der Waals surface area (Å²) in [4.78, 5) is 17.9. The van der Waals surface area contributed by atoms with Crippen molar-refractivity contribution in [2.24, 2.45) is 0 Å². The Morgan fingerprint density at radius 2 is 2.08 bits per heavy atom. The van der Waals surface area contributed by atoms with Gasteiger partial charge in [0, 0.05) is 6.92 Å². The molecule has 0 saturated heterocycles. The van der Waals surface area contributed by atoms with Crippen LogP contribution in [0.1, 0.15) is 5.82 Å². The molecule has 0 spiro atoms. The van der Waals surface area contributed by atoms with Gasteiger partial charge in [-0.15, -0.1) is 0 Å². The lowest BCUT2D eigenvalue weighted by Crippen LogP contribution is -2.09. The fourth-order valence-corrected chi connectivity index (χ4v) is 1.13. The van der Waals surface area contributed by atoms with Gasteiger partial charge < -0.3 is 4.98 Å². The van der Waals surface area contributed by atoms with Gasteiger partial charge in [-0.2, -0.15) is 0 Å². The van der Waals surface area contributed by atoms with E-state index < -0.39 is 0 Å². The Morgan fingerprint density at radius 3 is 2.92 bits per heavy atom. The van der Waals surface area contributed by atoms with Crippen molar-refractivity contribution in [2.45, 2.75) is 0 Å². The van der Waals surface area contributed by atoms with Crippen LogP contribution in [0.5, 0.6) is 0 Å². The first-order valence-corrected chi connectivity index (χ1v) is 3.58. The Kier molecular flexibility index (Phi) is 1.43. The van der Waals surface area contributed by atoms with Crippen LogP contribution in [0, 0.1) is 6.92 Å². The lowest BCUT2D eigenvalue weighted by atomic mass is 10.2. The molecule has 2 aromatic rings. The highest BCUT2D eigenvalue weighted by Crippen LogP contribution is 2.04. The third-order valence-corrected chi connectivity index (χ3v) is 1.66. The SMILES string of the molecule is [CH2]c1nc2ccccc2c(=O)[nH]1. The van der Waals surface area contributed by atoms with Crippen molar-refractivity contribution in [1.29, 1.82) is 0 Å². The molecule has 0 fully saturated rings. The number of fused-ring (bicyclic) bond motifs is 1. The second kappa shape index (κ2) is 2.44. The molecule has 0 unspecified atom stereocenters. The first-order valence-electron chi connectivity index (χ1n) is 3.58. The van der Waals surface area contributed by atoms with Gasteiger partial charge in [0.25, 0.3) is 5.56 Å². The Bertz CT molecular complexity index is 473. The highest BCUT2D eigenvalue weighted by molar-refractivity contribution is 5.77. The summed E-state index contributed by atoms with van der Waals surface area (Å²) in [5.74, 6) is 0.402. The minimum Gasteiger partial charge on any atom is -0.310 e. The molecule has 0 saturated carbocycles. The highest BCUT2D eigenvalue weighted by atomic mass is 16.1. The molecule has 0 aliphatic rings. The van der Waals surface area contributed by atoms with Gasteiger partial charge in [-0.05, 0) is 12.1 Å². The van der Waals surface area contributed by atoms with Crippen molar-refractivity contribution < 1.29 is 0 Å². The number of para-hydroxylation sites is 1. The van der Waals surface area contributed by atoms with E-state index >= 15 is 0 Å². The molecule has 12 heavy (non-hydrogen) atoms. The number of nitrogens with zero attached hydrogens (tertiary/aromatic N) is 1. The van der Waals surface area contributed by atoms with Crippen LogP contribution in [0.3, 0.4) is 0 Å². The van der Waals surface area contributed by atoms with Crippen LogP contribution < -0.4 is 5.56 Å². The molecule has 0 amide bonds. The molecule has 0 aliphatic carbocycles. The van der Waals surface area contributed by atoms with E-state index in [4.69, 9.17) is 0 Å². The zero-order chi connectivity index (χ0) is 8.55. The second-order valence-electron chi connectivity index (χ2n) is 2.53. The van der Waals surface area contributed by atoms with E-state index in [0.717, 1.165) is 0 Å². The largest absolute Gasteiger partial charge is 0.310 e. The third kappa shape index (κ3) is 0.993. The van der Waals surface area contributed by atoms with Crippen molar-refractivity contribution in [3.63, 3.8) is 0 Å². The molecule has 59 valence electrons. The number of aromatic nitrogens is 2. The van der Waals surface area contributed by atoms with Crippen LogP contribution in [0.4, 0.5) is 0 Å². The zero-order valence-corrected chi connectivity index (χ0v) is 6.37. The fourth-order valence-electron chi connectivity index (χ4n) is 1.13. The lowest BCUT2D eigenvalue weighted by molar-refractivity contribution is 1.11. The number of nitrogens with one attached hydrogen (secondary N) is 1. The van der Waals surface area contributed by atoms with Gasteiger partial charge in [-0.25, -0.2) is 4.98 Å². The summed E-state index contributed by atoms with van der Waals surface area (Å²) >= 11 is 0. The van der Waals surface area contributed by atoms with Crippen LogP contribution in [0.25, 0.3) is 10.9 Å². The summed E-state index contributed by atoms with van der Waals surface area (Å²) in [6.07, 6.45) is 0. The van der Waals surface area contributed by atoms with Gasteiger partial charge in [-0.3, -0.25) is 4.79 Å². The Hall–Kier alpha value is -1.64. The maximum absolute atomic E-state index is 11.3. The summed E-state index contributed by atoms with van der Waals surface area (Å²) in [6, 6.07) is 7.18. The minimum atomic E-state index is -0.134. The van der Waals surface area contributed by atoms with E-state index in [1.54, 1.807) is 12.1 Å². The van der Waals surface area contributed by atoms with E-state index in [9.17, 15) is 4.79 Å². The number of hydrogen-bond acceptors (Lipinski definition) is 2. The average molecular weight is 159 g/mol. The Balaban J connectivity index is 2.99. The number of H-pyrrole nitrogens is 1. The van der Waals surface area contributed by atoms with E-state index in [-0.39, 0.29) is 5.56 Å². The molecule has 1 N–H and O–H groups in total. The van der Waals surface area contributed by atoms with Crippen LogP contribution >= 0.6 is 0 Å². The van der Waals surface area contributed by atoms with Gasteiger partial charge in [-0.1, -0.05) is 12.1 Å².